The first-order valence-electron chi connectivity index (χ1n) is 3.89. The summed E-state index contributed by atoms with van der Waals surface area (Å²) in [7, 11) is -3.13. The number of aromatic nitrogens is 1. The summed E-state index contributed by atoms with van der Waals surface area (Å²) in [5, 5.41) is 0. The van der Waals surface area contributed by atoms with Gasteiger partial charge in [-0.3, -0.25) is 4.98 Å². The van der Waals surface area contributed by atoms with Gasteiger partial charge in [0.25, 0.3) is 0 Å². The Kier molecular flexibility index (Phi) is 3.44. The standard InChI is InChI=1S/C8H10BrNO2S/c1-2-3-13(11,12)8-4-7(9)5-10-6-8/h4-6H,2-3H2,1H3. The van der Waals surface area contributed by atoms with E-state index in [2.05, 4.69) is 20.9 Å². The fourth-order valence-electron chi connectivity index (χ4n) is 0.949. The number of sulfone groups is 1. The van der Waals surface area contributed by atoms with Crippen LogP contribution in [0.15, 0.2) is 27.8 Å². The molecule has 0 atom stereocenters. The van der Waals surface area contributed by atoms with Gasteiger partial charge in [0.2, 0.25) is 0 Å². The first-order valence-corrected chi connectivity index (χ1v) is 6.34. The lowest BCUT2D eigenvalue weighted by atomic mass is 10.5. The molecular formula is C8H10BrNO2S. The highest BCUT2D eigenvalue weighted by Gasteiger charge is 2.13. The zero-order valence-electron chi connectivity index (χ0n) is 7.20. The molecule has 0 spiro atoms. The van der Waals surface area contributed by atoms with E-state index in [-0.39, 0.29) is 10.6 Å². The number of hydrogen-bond acceptors (Lipinski definition) is 3. The minimum absolute atomic E-state index is 0.172. The molecule has 3 nitrogen and oxygen atoms in total. The van der Waals surface area contributed by atoms with Crippen molar-refractivity contribution in [2.24, 2.45) is 0 Å². The van der Waals surface area contributed by atoms with Crippen molar-refractivity contribution in [3.8, 4) is 0 Å². The largest absolute Gasteiger partial charge is 0.262 e. The Balaban J connectivity index is 3.08. The number of rotatable bonds is 3. The summed E-state index contributed by atoms with van der Waals surface area (Å²) < 4.78 is 23.7. The van der Waals surface area contributed by atoms with Crippen LogP contribution in [0.2, 0.25) is 0 Å². The predicted octanol–water partition coefficient (Wildman–Crippen LogP) is 2.03. The normalized spacial score (nSPS) is 11.5. The molecular weight excluding hydrogens is 254 g/mol. The summed E-state index contributed by atoms with van der Waals surface area (Å²) in [6, 6.07) is 1.57. The van der Waals surface area contributed by atoms with E-state index in [0.717, 1.165) is 0 Å². The van der Waals surface area contributed by atoms with Gasteiger partial charge in [-0.05, 0) is 28.4 Å². The number of hydrogen-bond donors (Lipinski definition) is 0. The second-order valence-corrected chi connectivity index (χ2v) is 5.68. The molecule has 1 aromatic rings. The highest BCUT2D eigenvalue weighted by Crippen LogP contribution is 2.15. The molecule has 0 unspecified atom stereocenters. The van der Waals surface area contributed by atoms with Gasteiger partial charge in [-0.25, -0.2) is 8.42 Å². The Bertz CT molecular complexity index is 389. The van der Waals surface area contributed by atoms with Crippen LogP contribution in [0.3, 0.4) is 0 Å². The second-order valence-electron chi connectivity index (χ2n) is 2.66. The minimum Gasteiger partial charge on any atom is -0.262 e. The molecule has 1 rings (SSSR count). The molecule has 5 heteroatoms. The molecule has 1 heterocycles. The highest BCUT2D eigenvalue weighted by atomic mass is 79.9. The topological polar surface area (TPSA) is 47.0 Å². The van der Waals surface area contributed by atoms with E-state index in [4.69, 9.17) is 0 Å². The quantitative estimate of drug-likeness (QED) is 0.839. The Morgan fingerprint density at radius 2 is 2.15 bits per heavy atom. The maximum absolute atomic E-state index is 11.5. The van der Waals surface area contributed by atoms with Crippen LogP contribution in [0.4, 0.5) is 0 Å². The van der Waals surface area contributed by atoms with Gasteiger partial charge in [-0.15, -0.1) is 0 Å². The van der Waals surface area contributed by atoms with Crippen molar-refractivity contribution in [3.63, 3.8) is 0 Å². The smallest absolute Gasteiger partial charge is 0.179 e. The van der Waals surface area contributed by atoms with Crippen LogP contribution in [0, 0.1) is 0 Å². The van der Waals surface area contributed by atoms with Crippen LogP contribution in [0.25, 0.3) is 0 Å². The van der Waals surface area contributed by atoms with Gasteiger partial charge in [-0.2, -0.15) is 0 Å². The van der Waals surface area contributed by atoms with Crippen molar-refractivity contribution in [1.29, 1.82) is 0 Å². The maximum Gasteiger partial charge on any atom is 0.179 e. The molecule has 0 aliphatic carbocycles. The monoisotopic (exact) mass is 263 g/mol. The van der Waals surface area contributed by atoms with E-state index in [0.29, 0.717) is 10.9 Å². The summed E-state index contributed by atoms with van der Waals surface area (Å²) in [4.78, 5) is 4.09. The van der Waals surface area contributed by atoms with Gasteiger partial charge in [0.15, 0.2) is 9.84 Å². The Labute approximate surface area is 86.2 Å². The predicted molar refractivity (Wildman–Crippen MR) is 54.3 cm³/mol. The zero-order valence-corrected chi connectivity index (χ0v) is 9.60. The molecule has 0 amide bonds. The van der Waals surface area contributed by atoms with Crippen LogP contribution in [0.5, 0.6) is 0 Å². The minimum atomic E-state index is -3.13. The third-order valence-corrected chi connectivity index (χ3v) is 3.83. The van der Waals surface area contributed by atoms with Gasteiger partial charge >= 0.3 is 0 Å². The lowest BCUT2D eigenvalue weighted by Crippen LogP contribution is -2.05. The van der Waals surface area contributed by atoms with Crippen molar-refractivity contribution in [3.05, 3.63) is 22.9 Å². The molecule has 0 bridgehead atoms. The third kappa shape index (κ3) is 2.77. The van der Waals surface area contributed by atoms with Gasteiger partial charge < -0.3 is 0 Å². The molecule has 1 aromatic heterocycles. The van der Waals surface area contributed by atoms with Gasteiger partial charge in [-0.1, -0.05) is 6.92 Å². The molecule has 13 heavy (non-hydrogen) atoms. The van der Waals surface area contributed by atoms with Crippen molar-refractivity contribution >= 4 is 25.8 Å². The molecule has 0 N–H and O–H groups in total. The summed E-state index contributed by atoms with van der Waals surface area (Å²) >= 11 is 3.18. The molecule has 0 aromatic carbocycles. The Morgan fingerprint density at radius 1 is 1.46 bits per heavy atom. The highest BCUT2D eigenvalue weighted by molar-refractivity contribution is 9.10. The SMILES string of the molecule is CCCS(=O)(=O)c1cncc(Br)c1. The number of halogens is 1. The fourth-order valence-corrected chi connectivity index (χ4v) is 2.77. The van der Waals surface area contributed by atoms with E-state index >= 15 is 0 Å². The molecule has 0 saturated carbocycles. The second kappa shape index (κ2) is 4.19. The first kappa shape index (κ1) is 10.7. The van der Waals surface area contributed by atoms with Crippen LogP contribution in [-0.2, 0) is 9.84 Å². The molecule has 0 aliphatic rings. The third-order valence-electron chi connectivity index (χ3n) is 1.51. The average Bonchev–Trinajstić information content (AvgIpc) is 2.04. The molecule has 0 saturated heterocycles. The van der Waals surface area contributed by atoms with E-state index < -0.39 is 9.84 Å². The van der Waals surface area contributed by atoms with E-state index in [9.17, 15) is 8.42 Å². The first-order chi connectivity index (χ1) is 6.06. The van der Waals surface area contributed by atoms with E-state index in [1.807, 2.05) is 6.92 Å². The zero-order chi connectivity index (χ0) is 9.90. The van der Waals surface area contributed by atoms with Crippen molar-refractivity contribution in [2.75, 3.05) is 5.75 Å². The molecule has 72 valence electrons. The van der Waals surface area contributed by atoms with Crippen LogP contribution < -0.4 is 0 Å². The van der Waals surface area contributed by atoms with Gasteiger partial charge in [0.05, 0.1) is 10.6 Å². The summed E-state index contributed by atoms with van der Waals surface area (Å²) in [5.41, 5.74) is 0. The van der Waals surface area contributed by atoms with Crippen LogP contribution >= 0.6 is 15.9 Å². The Morgan fingerprint density at radius 3 is 2.69 bits per heavy atom. The fraction of sp³-hybridized carbons (Fsp3) is 0.375. The van der Waals surface area contributed by atoms with Gasteiger partial charge in [0, 0.05) is 16.9 Å². The van der Waals surface area contributed by atoms with Crippen molar-refractivity contribution in [1.82, 2.24) is 4.98 Å². The lowest BCUT2D eigenvalue weighted by Gasteiger charge is -2.01. The molecule has 0 aliphatic heterocycles. The summed E-state index contributed by atoms with van der Waals surface area (Å²) in [5.74, 6) is 0.172. The van der Waals surface area contributed by atoms with Crippen molar-refractivity contribution < 1.29 is 8.42 Å². The van der Waals surface area contributed by atoms with Crippen molar-refractivity contribution in [2.45, 2.75) is 18.2 Å². The maximum atomic E-state index is 11.5. The van der Waals surface area contributed by atoms with E-state index in [1.54, 1.807) is 12.3 Å². The number of pyridine rings is 1. The van der Waals surface area contributed by atoms with Crippen LogP contribution in [0.1, 0.15) is 13.3 Å². The van der Waals surface area contributed by atoms with Gasteiger partial charge in [0.1, 0.15) is 0 Å². The Hall–Kier alpha value is -0.420. The molecule has 0 radical (unpaired) electrons. The molecule has 0 fully saturated rings. The van der Waals surface area contributed by atoms with Crippen LogP contribution in [-0.4, -0.2) is 19.2 Å². The lowest BCUT2D eigenvalue weighted by molar-refractivity contribution is 0.594. The number of nitrogens with zero attached hydrogens (tertiary/aromatic N) is 1. The van der Waals surface area contributed by atoms with E-state index in [1.165, 1.54) is 6.20 Å². The summed E-state index contributed by atoms with van der Waals surface area (Å²) in [6.07, 6.45) is 3.55. The summed E-state index contributed by atoms with van der Waals surface area (Å²) in [6.45, 7) is 1.84. The average molecular weight is 264 g/mol.